The highest BCUT2D eigenvalue weighted by Gasteiger charge is 2.25. The second-order valence-corrected chi connectivity index (χ2v) is 4.54. The average Bonchev–Trinajstić information content (AvgIpc) is 1.98. The largest absolute Gasteiger partial charge is 0.478 e. The van der Waals surface area contributed by atoms with Crippen molar-refractivity contribution in [2.75, 3.05) is 6.61 Å². The highest BCUT2D eigenvalue weighted by molar-refractivity contribution is 8.17. The summed E-state index contributed by atoms with van der Waals surface area (Å²) in [5.74, 6) is -2.89. The van der Waals surface area contributed by atoms with Crippen molar-refractivity contribution in [3.63, 3.8) is 0 Å². The Morgan fingerprint density at radius 3 is 2.29 bits per heavy atom. The van der Waals surface area contributed by atoms with Gasteiger partial charge in [-0.3, -0.25) is 0 Å². The van der Waals surface area contributed by atoms with Crippen LogP contribution in [0.15, 0.2) is 11.0 Å². The molecule has 0 rings (SSSR count). The van der Waals surface area contributed by atoms with Gasteiger partial charge < -0.3 is 9.84 Å². The highest BCUT2D eigenvalue weighted by Crippen LogP contribution is 2.13. The summed E-state index contributed by atoms with van der Waals surface area (Å²) >= 11 is 0. The van der Waals surface area contributed by atoms with Crippen molar-refractivity contribution in [1.82, 2.24) is 0 Å². The first-order chi connectivity index (χ1) is 6.29. The first-order valence-electron chi connectivity index (χ1n) is 3.35. The van der Waals surface area contributed by atoms with Crippen LogP contribution >= 0.6 is 10.7 Å². The molecular weight excluding hydrogens is 236 g/mol. The number of aliphatic carboxylic acids is 1. The SMILES string of the molecule is CCOC(=O)/C(=C\C(=O)O)S(=O)(=O)Cl. The minimum Gasteiger partial charge on any atom is -0.478 e. The molecule has 0 aromatic heterocycles. The zero-order chi connectivity index (χ0) is 11.4. The molecule has 0 aliphatic carbocycles. The molecule has 6 nitrogen and oxygen atoms in total. The fourth-order valence-corrected chi connectivity index (χ4v) is 1.37. The molecule has 0 atom stereocenters. The number of carbonyl (C=O) groups excluding carboxylic acids is 1. The first kappa shape index (κ1) is 12.9. The summed E-state index contributed by atoms with van der Waals surface area (Å²) in [4.78, 5) is 20.0. The van der Waals surface area contributed by atoms with Gasteiger partial charge in [0, 0.05) is 10.7 Å². The van der Waals surface area contributed by atoms with Crippen LogP contribution in [0.5, 0.6) is 0 Å². The van der Waals surface area contributed by atoms with E-state index in [0.717, 1.165) is 0 Å². The van der Waals surface area contributed by atoms with E-state index in [1.54, 1.807) is 0 Å². The predicted molar refractivity (Wildman–Crippen MR) is 47.1 cm³/mol. The fraction of sp³-hybridized carbons (Fsp3) is 0.333. The summed E-state index contributed by atoms with van der Waals surface area (Å²) < 4.78 is 25.7. The number of esters is 1. The maximum absolute atomic E-state index is 10.9. The van der Waals surface area contributed by atoms with Crippen molar-refractivity contribution in [2.24, 2.45) is 0 Å². The molecule has 0 aliphatic heterocycles. The number of hydrogen-bond donors (Lipinski definition) is 1. The van der Waals surface area contributed by atoms with Crippen molar-refractivity contribution < 1.29 is 27.9 Å². The van der Waals surface area contributed by atoms with Crippen molar-refractivity contribution in [2.45, 2.75) is 6.92 Å². The quantitative estimate of drug-likeness (QED) is 0.426. The Bertz CT molecular complexity index is 368. The molecule has 0 bridgehead atoms. The van der Waals surface area contributed by atoms with Gasteiger partial charge in [-0.2, -0.15) is 0 Å². The molecule has 0 saturated carbocycles. The molecule has 1 N–H and O–H groups in total. The number of ether oxygens (including phenoxy) is 1. The Kier molecular flexibility index (Phi) is 4.58. The Balaban J connectivity index is 5.14. The van der Waals surface area contributed by atoms with Crippen molar-refractivity contribution in [3.05, 3.63) is 11.0 Å². The van der Waals surface area contributed by atoms with Gasteiger partial charge in [0.2, 0.25) is 0 Å². The third kappa shape index (κ3) is 4.24. The Morgan fingerprint density at radius 2 is 2.00 bits per heavy atom. The van der Waals surface area contributed by atoms with E-state index in [1.807, 2.05) is 0 Å². The molecule has 0 radical (unpaired) electrons. The maximum Gasteiger partial charge on any atom is 0.351 e. The van der Waals surface area contributed by atoms with Gasteiger partial charge in [-0.25, -0.2) is 18.0 Å². The number of carboxylic acid groups (broad SMARTS) is 1. The van der Waals surface area contributed by atoms with E-state index < -0.39 is 25.9 Å². The lowest BCUT2D eigenvalue weighted by Crippen LogP contribution is -2.14. The lowest BCUT2D eigenvalue weighted by Gasteiger charge is -2.01. The van der Waals surface area contributed by atoms with E-state index in [0.29, 0.717) is 0 Å². The van der Waals surface area contributed by atoms with Gasteiger partial charge in [-0.15, -0.1) is 0 Å². The summed E-state index contributed by atoms with van der Waals surface area (Å²) in [6, 6.07) is 0. The molecular formula is C6H7ClO6S. The van der Waals surface area contributed by atoms with E-state index in [-0.39, 0.29) is 12.7 Å². The van der Waals surface area contributed by atoms with E-state index in [4.69, 9.17) is 15.8 Å². The lowest BCUT2D eigenvalue weighted by molar-refractivity contribution is -0.138. The van der Waals surface area contributed by atoms with E-state index in [2.05, 4.69) is 4.74 Å². The number of hydrogen-bond acceptors (Lipinski definition) is 5. The number of carbonyl (C=O) groups is 2. The molecule has 0 saturated heterocycles. The van der Waals surface area contributed by atoms with Gasteiger partial charge in [0.1, 0.15) is 0 Å². The van der Waals surface area contributed by atoms with Gasteiger partial charge in [-0.1, -0.05) is 0 Å². The maximum atomic E-state index is 10.9. The molecule has 8 heteroatoms. The van der Waals surface area contributed by atoms with Crippen LogP contribution in [-0.2, 0) is 23.4 Å². The topological polar surface area (TPSA) is 97.7 Å². The number of rotatable bonds is 4. The standard InChI is InChI=1S/C6H7ClO6S/c1-2-13-6(10)4(3-5(8)9)14(7,11)12/h3H,2H2,1H3,(H,8,9)/b4-3+. The summed E-state index contributed by atoms with van der Waals surface area (Å²) in [6.07, 6.45) is 0.181. The molecule has 0 amide bonds. The van der Waals surface area contributed by atoms with E-state index >= 15 is 0 Å². The summed E-state index contributed by atoms with van der Waals surface area (Å²) in [7, 11) is 0.410. The molecule has 0 spiro atoms. The van der Waals surface area contributed by atoms with Crippen LogP contribution in [0.1, 0.15) is 6.92 Å². The second kappa shape index (κ2) is 4.97. The van der Waals surface area contributed by atoms with Crippen LogP contribution in [0.4, 0.5) is 0 Å². The van der Waals surface area contributed by atoms with Gasteiger partial charge in [0.15, 0.2) is 4.91 Å². The lowest BCUT2D eigenvalue weighted by atomic mass is 10.5. The molecule has 0 heterocycles. The number of halogens is 1. The van der Waals surface area contributed by atoms with Gasteiger partial charge in [0.05, 0.1) is 12.7 Å². The molecule has 0 aromatic rings. The fourth-order valence-electron chi connectivity index (χ4n) is 0.543. The van der Waals surface area contributed by atoms with Crippen LogP contribution in [0.2, 0.25) is 0 Å². The minimum atomic E-state index is -4.40. The van der Waals surface area contributed by atoms with E-state index in [9.17, 15) is 18.0 Å². The van der Waals surface area contributed by atoms with Crippen molar-refractivity contribution in [1.29, 1.82) is 0 Å². The molecule has 14 heavy (non-hydrogen) atoms. The van der Waals surface area contributed by atoms with Crippen molar-refractivity contribution >= 4 is 31.7 Å². The first-order valence-corrected chi connectivity index (χ1v) is 5.66. The predicted octanol–water partition coefficient (Wildman–Crippen LogP) is 0.0866. The molecule has 80 valence electrons. The third-order valence-corrected chi connectivity index (χ3v) is 2.30. The van der Waals surface area contributed by atoms with Crippen molar-refractivity contribution in [3.8, 4) is 0 Å². The zero-order valence-electron chi connectivity index (χ0n) is 7.06. The second-order valence-electron chi connectivity index (χ2n) is 2.01. The molecule has 0 unspecified atom stereocenters. The molecule has 0 aliphatic rings. The van der Waals surface area contributed by atoms with Gasteiger partial charge in [-0.05, 0) is 6.92 Å². The van der Waals surface area contributed by atoms with E-state index in [1.165, 1.54) is 6.92 Å². The Hall–Kier alpha value is -1.08. The van der Waals surface area contributed by atoms with Crippen LogP contribution in [0.25, 0.3) is 0 Å². The smallest absolute Gasteiger partial charge is 0.351 e. The minimum absolute atomic E-state index is 0.0811. The monoisotopic (exact) mass is 242 g/mol. The van der Waals surface area contributed by atoms with Crippen LogP contribution < -0.4 is 0 Å². The number of carboxylic acids is 1. The summed E-state index contributed by atoms with van der Waals surface area (Å²) in [6.45, 7) is 1.36. The normalized spacial score (nSPS) is 12.3. The van der Waals surface area contributed by atoms with Crippen LogP contribution in [0.3, 0.4) is 0 Å². The zero-order valence-corrected chi connectivity index (χ0v) is 8.63. The third-order valence-electron chi connectivity index (χ3n) is 0.994. The summed E-state index contributed by atoms with van der Waals surface area (Å²) in [5, 5.41) is 8.26. The average molecular weight is 243 g/mol. The van der Waals surface area contributed by atoms with Gasteiger partial charge in [0.25, 0.3) is 9.05 Å². The Labute approximate surface area is 84.5 Å². The van der Waals surface area contributed by atoms with Gasteiger partial charge >= 0.3 is 11.9 Å². The van der Waals surface area contributed by atoms with Crippen LogP contribution in [-0.4, -0.2) is 32.1 Å². The highest BCUT2D eigenvalue weighted by atomic mass is 35.7. The van der Waals surface area contributed by atoms with Crippen LogP contribution in [0, 0.1) is 0 Å². The molecule has 0 aromatic carbocycles. The summed E-state index contributed by atoms with van der Waals surface area (Å²) in [5.41, 5.74) is 0. The molecule has 0 fully saturated rings. The Morgan fingerprint density at radius 1 is 1.50 bits per heavy atom.